The van der Waals surface area contributed by atoms with Crippen LogP contribution in [0.2, 0.25) is 0 Å². The number of allylic oxidation sites excluding steroid dienone is 2. The fourth-order valence-corrected chi connectivity index (χ4v) is 1.92. The zero-order chi connectivity index (χ0) is 6.27. The van der Waals surface area contributed by atoms with Crippen LogP contribution in [0.5, 0.6) is 0 Å². The Morgan fingerprint density at radius 3 is 2.40 bits per heavy atom. The summed E-state index contributed by atoms with van der Waals surface area (Å²) >= 11 is 0. The maximum absolute atomic E-state index is 10.2. The molecule has 51 valence electrons. The molecule has 0 N–H and O–H groups in total. The summed E-state index contributed by atoms with van der Waals surface area (Å²) < 4.78 is 0. The minimum atomic E-state index is 0. The van der Waals surface area contributed by atoms with Gasteiger partial charge in [-0.15, -0.1) is 5.92 Å². The maximum atomic E-state index is 10.2. The molecule has 2 heteroatoms. The van der Waals surface area contributed by atoms with E-state index in [1.54, 1.807) is 0 Å². The van der Waals surface area contributed by atoms with E-state index in [2.05, 4.69) is 18.4 Å². The fraction of sp³-hybridized carbons (Fsp3) is 0.625. The van der Waals surface area contributed by atoms with Gasteiger partial charge in [0.1, 0.15) is 0 Å². The SMILES string of the molecule is O=[C-]C1C[C@H]2C=C[C@@H]1C2.[Y]. The van der Waals surface area contributed by atoms with Gasteiger partial charge in [0.2, 0.25) is 0 Å². The monoisotopic (exact) mass is 210 g/mol. The second-order valence-corrected chi connectivity index (χ2v) is 3.00. The molecule has 0 heterocycles. The van der Waals surface area contributed by atoms with Gasteiger partial charge >= 0.3 is 0 Å². The normalized spacial score (nSPS) is 41.4. The summed E-state index contributed by atoms with van der Waals surface area (Å²) in [6, 6.07) is 0. The van der Waals surface area contributed by atoms with E-state index >= 15 is 0 Å². The molecule has 2 aliphatic rings. The molecular weight excluding hydrogens is 201 g/mol. The Bertz CT molecular complexity index is 165. The van der Waals surface area contributed by atoms with Crippen molar-refractivity contribution in [3.05, 3.63) is 12.2 Å². The average Bonchev–Trinajstić information content (AvgIpc) is 2.45. The molecule has 1 radical (unpaired) electrons. The molecule has 2 bridgehead atoms. The predicted molar refractivity (Wildman–Crippen MR) is 34.5 cm³/mol. The summed E-state index contributed by atoms with van der Waals surface area (Å²) in [6.07, 6.45) is 8.77. The molecular formula is C8H9OY-. The molecule has 2 rings (SSSR count). The Hall–Kier alpha value is 0.514. The fourth-order valence-electron chi connectivity index (χ4n) is 1.92. The molecule has 1 nitrogen and oxygen atoms in total. The van der Waals surface area contributed by atoms with E-state index in [4.69, 9.17) is 0 Å². The molecule has 0 aromatic carbocycles. The van der Waals surface area contributed by atoms with E-state index in [1.807, 2.05) is 0 Å². The summed E-state index contributed by atoms with van der Waals surface area (Å²) in [7, 11) is 0. The van der Waals surface area contributed by atoms with Gasteiger partial charge in [-0.25, -0.2) is 0 Å². The first-order valence-corrected chi connectivity index (χ1v) is 3.46. The van der Waals surface area contributed by atoms with Gasteiger partial charge in [0, 0.05) is 32.7 Å². The van der Waals surface area contributed by atoms with E-state index in [1.165, 1.54) is 6.42 Å². The third-order valence-electron chi connectivity index (χ3n) is 2.43. The largest absolute Gasteiger partial charge is 0.541 e. The van der Waals surface area contributed by atoms with Crippen LogP contribution in [0.4, 0.5) is 0 Å². The first-order chi connectivity index (χ1) is 4.40. The van der Waals surface area contributed by atoms with Gasteiger partial charge in [-0.1, -0.05) is 18.6 Å². The minimum absolute atomic E-state index is 0. The Balaban J connectivity index is 0.000000500. The van der Waals surface area contributed by atoms with E-state index in [0.29, 0.717) is 11.8 Å². The second-order valence-electron chi connectivity index (χ2n) is 3.00. The summed E-state index contributed by atoms with van der Waals surface area (Å²) in [5, 5.41) is 0. The smallest absolute Gasteiger partial charge is 0 e. The first-order valence-electron chi connectivity index (χ1n) is 3.46. The van der Waals surface area contributed by atoms with Crippen LogP contribution in [0.3, 0.4) is 0 Å². The Morgan fingerprint density at radius 2 is 2.10 bits per heavy atom. The van der Waals surface area contributed by atoms with Gasteiger partial charge in [-0.3, -0.25) is 6.29 Å². The van der Waals surface area contributed by atoms with Crippen LogP contribution in [-0.2, 0) is 37.5 Å². The Labute approximate surface area is 86.1 Å². The average molecular weight is 210 g/mol. The van der Waals surface area contributed by atoms with Crippen LogP contribution < -0.4 is 0 Å². The maximum Gasteiger partial charge on any atom is 0 e. The van der Waals surface area contributed by atoms with Crippen molar-refractivity contribution in [1.82, 2.24) is 0 Å². The van der Waals surface area contributed by atoms with Gasteiger partial charge in [0.25, 0.3) is 0 Å². The van der Waals surface area contributed by atoms with Crippen molar-refractivity contribution >= 4 is 6.29 Å². The molecule has 0 amide bonds. The van der Waals surface area contributed by atoms with Gasteiger partial charge in [-0.05, 0) is 18.3 Å². The molecule has 0 spiro atoms. The summed E-state index contributed by atoms with van der Waals surface area (Å²) in [6.45, 7) is 0. The van der Waals surface area contributed by atoms with Gasteiger partial charge < -0.3 is 4.79 Å². The first kappa shape index (κ1) is 8.61. The van der Waals surface area contributed by atoms with Crippen molar-refractivity contribution in [2.24, 2.45) is 17.8 Å². The van der Waals surface area contributed by atoms with E-state index in [0.717, 1.165) is 6.42 Å². The predicted octanol–water partition coefficient (Wildman–Crippen LogP) is 1.31. The standard InChI is InChI=1S/C8H9O.Y/c9-5-8-4-6-1-2-7(8)3-6;/h1-2,6-8H,3-4H2;/q-1;/t6-,7+,8?;/m0./s1. The minimum Gasteiger partial charge on any atom is -0.541 e. The second kappa shape index (κ2) is 3.27. The topological polar surface area (TPSA) is 17.1 Å². The molecule has 0 aliphatic heterocycles. The van der Waals surface area contributed by atoms with E-state index in [-0.39, 0.29) is 38.6 Å². The Morgan fingerprint density at radius 1 is 1.30 bits per heavy atom. The van der Waals surface area contributed by atoms with Crippen molar-refractivity contribution in [3.63, 3.8) is 0 Å². The van der Waals surface area contributed by atoms with E-state index < -0.39 is 0 Å². The molecule has 1 saturated carbocycles. The molecule has 1 unspecified atom stereocenters. The molecule has 10 heavy (non-hydrogen) atoms. The summed E-state index contributed by atoms with van der Waals surface area (Å²) in [5.74, 6) is 1.49. The Kier molecular flexibility index (Phi) is 2.82. The van der Waals surface area contributed by atoms with Crippen LogP contribution in [0.15, 0.2) is 12.2 Å². The van der Waals surface area contributed by atoms with Crippen LogP contribution in [0.25, 0.3) is 0 Å². The molecule has 0 aromatic heterocycles. The van der Waals surface area contributed by atoms with Crippen LogP contribution >= 0.6 is 0 Å². The molecule has 2 aliphatic carbocycles. The third-order valence-corrected chi connectivity index (χ3v) is 2.43. The van der Waals surface area contributed by atoms with E-state index in [9.17, 15) is 4.79 Å². The van der Waals surface area contributed by atoms with Crippen LogP contribution in [0.1, 0.15) is 12.8 Å². The van der Waals surface area contributed by atoms with Crippen molar-refractivity contribution < 1.29 is 37.5 Å². The number of fused-ring (bicyclic) bond motifs is 2. The van der Waals surface area contributed by atoms with Gasteiger partial charge in [0.05, 0.1) is 0 Å². The molecule has 1 fully saturated rings. The number of carbonyl (C=O) groups excluding carboxylic acids is 1. The van der Waals surface area contributed by atoms with Crippen LogP contribution in [0, 0.1) is 17.8 Å². The number of rotatable bonds is 1. The zero-order valence-corrected chi connectivity index (χ0v) is 8.62. The van der Waals surface area contributed by atoms with Crippen molar-refractivity contribution in [2.75, 3.05) is 0 Å². The molecule has 3 atom stereocenters. The van der Waals surface area contributed by atoms with Gasteiger partial charge in [0.15, 0.2) is 0 Å². The molecule has 0 saturated heterocycles. The number of hydrogen-bond donors (Lipinski definition) is 0. The zero-order valence-electron chi connectivity index (χ0n) is 5.79. The molecule has 0 aromatic rings. The van der Waals surface area contributed by atoms with Crippen molar-refractivity contribution in [1.29, 1.82) is 0 Å². The van der Waals surface area contributed by atoms with Crippen molar-refractivity contribution in [2.45, 2.75) is 12.8 Å². The van der Waals surface area contributed by atoms with Gasteiger partial charge in [-0.2, -0.15) is 0 Å². The summed E-state index contributed by atoms with van der Waals surface area (Å²) in [4.78, 5) is 10.2. The van der Waals surface area contributed by atoms with Crippen LogP contribution in [-0.4, -0.2) is 6.29 Å². The summed E-state index contributed by atoms with van der Waals surface area (Å²) in [5.41, 5.74) is 0. The van der Waals surface area contributed by atoms with Crippen molar-refractivity contribution in [3.8, 4) is 0 Å². The number of hydrogen-bond acceptors (Lipinski definition) is 1. The third kappa shape index (κ3) is 1.26. The quantitative estimate of drug-likeness (QED) is 0.471.